The van der Waals surface area contributed by atoms with Crippen molar-refractivity contribution in [3.8, 4) is 0 Å². The van der Waals surface area contributed by atoms with Gasteiger partial charge in [-0.25, -0.2) is 0 Å². The standard InChI is InChI=1S/C9H7ClN2OS/c1-12-8(13)6-3-2-5(10)4-7(6)11-9(12)14/h2-4H,1H3,(H,11,14). The van der Waals surface area contributed by atoms with E-state index in [-0.39, 0.29) is 5.56 Å². The first-order valence-electron chi connectivity index (χ1n) is 3.98. The van der Waals surface area contributed by atoms with Crippen molar-refractivity contribution >= 4 is 34.7 Å². The fourth-order valence-electron chi connectivity index (χ4n) is 1.28. The van der Waals surface area contributed by atoms with Gasteiger partial charge in [0, 0.05) is 12.1 Å². The van der Waals surface area contributed by atoms with Gasteiger partial charge < -0.3 is 4.98 Å². The zero-order chi connectivity index (χ0) is 10.3. The molecule has 1 aromatic heterocycles. The number of rotatable bonds is 0. The predicted octanol–water partition coefficient (Wildman–Crippen LogP) is 2.25. The lowest BCUT2D eigenvalue weighted by atomic mass is 10.2. The number of aromatic nitrogens is 2. The molecule has 72 valence electrons. The molecule has 2 rings (SSSR count). The molecule has 0 bridgehead atoms. The summed E-state index contributed by atoms with van der Waals surface area (Å²) in [5.74, 6) is 0. The summed E-state index contributed by atoms with van der Waals surface area (Å²) >= 11 is 10.8. The van der Waals surface area contributed by atoms with Crippen molar-refractivity contribution < 1.29 is 0 Å². The fourth-order valence-corrected chi connectivity index (χ4v) is 1.64. The van der Waals surface area contributed by atoms with E-state index in [4.69, 9.17) is 23.8 Å². The summed E-state index contributed by atoms with van der Waals surface area (Å²) < 4.78 is 1.79. The second-order valence-electron chi connectivity index (χ2n) is 2.98. The first-order chi connectivity index (χ1) is 6.59. The summed E-state index contributed by atoms with van der Waals surface area (Å²) in [6.07, 6.45) is 0. The minimum atomic E-state index is -0.111. The summed E-state index contributed by atoms with van der Waals surface area (Å²) in [7, 11) is 1.63. The molecule has 0 fully saturated rings. The minimum absolute atomic E-state index is 0.111. The molecule has 14 heavy (non-hydrogen) atoms. The van der Waals surface area contributed by atoms with Crippen molar-refractivity contribution in [2.24, 2.45) is 7.05 Å². The molecule has 5 heteroatoms. The normalized spacial score (nSPS) is 10.7. The highest BCUT2D eigenvalue weighted by Gasteiger charge is 2.02. The fraction of sp³-hybridized carbons (Fsp3) is 0.111. The second kappa shape index (κ2) is 3.22. The van der Waals surface area contributed by atoms with Crippen molar-refractivity contribution in [3.05, 3.63) is 38.3 Å². The molecule has 0 amide bonds. The maximum Gasteiger partial charge on any atom is 0.261 e. The summed E-state index contributed by atoms with van der Waals surface area (Å²) in [4.78, 5) is 14.6. The lowest BCUT2D eigenvalue weighted by molar-refractivity contribution is 0.824. The van der Waals surface area contributed by atoms with Crippen LogP contribution in [0.1, 0.15) is 0 Å². The molecule has 0 unspecified atom stereocenters. The minimum Gasteiger partial charge on any atom is -0.332 e. The van der Waals surface area contributed by atoms with Gasteiger partial charge in [-0.05, 0) is 30.4 Å². The molecule has 0 saturated carbocycles. The Balaban J connectivity index is 3.06. The average Bonchev–Trinajstić information content (AvgIpc) is 2.14. The molecule has 1 N–H and O–H groups in total. The van der Waals surface area contributed by atoms with Crippen LogP contribution in [0.4, 0.5) is 0 Å². The van der Waals surface area contributed by atoms with Gasteiger partial charge in [-0.1, -0.05) is 11.6 Å². The number of H-pyrrole nitrogens is 1. The number of hydrogen-bond donors (Lipinski definition) is 1. The Kier molecular flexibility index (Phi) is 2.17. The highest BCUT2D eigenvalue weighted by Crippen LogP contribution is 2.14. The molecule has 0 radical (unpaired) electrons. The van der Waals surface area contributed by atoms with Gasteiger partial charge in [0.2, 0.25) is 0 Å². The zero-order valence-electron chi connectivity index (χ0n) is 7.37. The lowest BCUT2D eigenvalue weighted by Gasteiger charge is -2.01. The number of nitrogens with one attached hydrogen (secondary N) is 1. The van der Waals surface area contributed by atoms with E-state index in [1.807, 2.05) is 0 Å². The van der Waals surface area contributed by atoms with Crippen molar-refractivity contribution in [1.29, 1.82) is 0 Å². The van der Waals surface area contributed by atoms with Crippen LogP contribution in [0, 0.1) is 4.77 Å². The van der Waals surface area contributed by atoms with Crippen LogP contribution in [0.2, 0.25) is 5.02 Å². The molecule has 1 aromatic carbocycles. The first kappa shape index (κ1) is 9.43. The average molecular weight is 227 g/mol. The first-order valence-corrected chi connectivity index (χ1v) is 4.77. The Morgan fingerprint density at radius 3 is 2.93 bits per heavy atom. The van der Waals surface area contributed by atoms with Crippen LogP contribution in [0.15, 0.2) is 23.0 Å². The summed E-state index contributed by atoms with van der Waals surface area (Å²) in [6, 6.07) is 5.06. The Bertz CT molecular complexity index is 614. The lowest BCUT2D eigenvalue weighted by Crippen LogP contribution is -2.18. The highest BCUT2D eigenvalue weighted by molar-refractivity contribution is 7.71. The summed E-state index contributed by atoms with van der Waals surface area (Å²) in [6.45, 7) is 0. The van der Waals surface area contributed by atoms with Crippen LogP contribution in [-0.4, -0.2) is 9.55 Å². The Hall–Kier alpha value is -1.13. The van der Waals surface area contributed by atoms with E-state index in [1.165, 1.54) is 4.57 Å². The van der Waals surface area contributed by atoms with Crippen LogP contribution in [0.25, 0.3) is 10.9 Å². The van der Waals surface area contributed by atoms with Gasteiger partial charge in [0.15, 0.2) is 4.77 Å². The monoisotopic (exact) mass is 226 g/mol. The third kappa shape index (κ3) is 1.36. The van der Waals surface area contributed by atoms with E-state index < -0.39 is 0 Å². The SMILES string of the molecule is Cn1c(=S)[nH]c2cc(Cl)ccc2c1=O. The van der Waals surface area contributed by atoms with Crippen molar-refractivity contribution in [1.82, 2.24) is 9.55 Å². The number of nitrogens with zero attached hydrogens (tertiary/aromatic N) is 1. The van der Waals surface area contributed by atoms with Crippen LogP contribution in [0.3, 0.4) is 0 Å². The second-order valence-corrected chi connectivity index (χ2v) is 3.81. The maximum absolute atomic E-state index is 11.7. The van der Waals surface area contributed by atoms with Gasteiger partial charge in [0.25, 0.3) is 5.56 Å². The van der Waals surface area contributed by atoms with Gasteiger partial charge in [0.05, 0.1) is 10.9 Å². The molecular weight excluding hydrogens is 220 g/mol. The van der Waals surface area contributed by atoms with E-state index in [2.05, 4.69) is 4.98 Å². The van der Waals surface area contributed by atoms with E-state index in [9.17, 15) is 4.79 Å². The van der Waals surface area contributed by atoms with Gasteiger partial charge in [-0.3, -0.25) is 9.36 Å². The molecular formula is C9H7ClN2OS. The Morgan fingerprint density at radius 2 is 2.21 bits per heavy atom. The Morgan fingerprint density at radius 1 is 1.50 bits per heavy atom. The molecule has 2 aromatic rings. The predicted molar refractivity (Wildman–Crippen MR) is 59.4 cm³/mol. The molecule has 3 nitrogen and oxygen atoms in total. The van der Waals surface area contributed by atoms with Crippen LogP contribution >= 0.6 is 23.8 Å². The quantitative estimate of drug-likeness (QED) is 0.700. The van der Waals surface area contributed by atoms with E-state index in [1.54, 1.807) is 25.2 Å². The van der Waals surface area contributed by atoms with Crippen molar-refractivity contribution in [3.63, 3.8) is 0 Å². The smallest absolute Gasteiger partial charge is 0.261 e. The van der Waals surface area contributed by atoms with Gasteiger partial charge in [0.1, 0.15) is 0 Å². The van der Waals surface area contributed by atoms with Crippen molar-refractivity contribution in [2.75, 3.05) is 0 Å². The zero-order valence-corrected chi connectivity index (χ0v) is 8.95. The molecule has 0 atom stereocenters. The number of halogens is 1. The number of hydrogen-bond acceptors (Lipinski definition) is 2. The van der Waals surface area contributed by atoms with Crippen LogP contribution in [-0.2, 0) is 7.05 Å². The van der Waals surface area contributed by atoms with Crippen LogP contribution < -0.4 is 5.56 Å². The summed E-state index contributed by atoms with van der Waals surface area (Å²) in [5, 5.41) is 1.17. The number of aromatic amines is 1. The van der Waals surface area contributed by atoms with E-state index >= 15 is 0 Å². The Labute approximate surface area is 90.0 Å². The van der Waals surface area contributed by atoms with Crippen LogP contribution in [0.5, 0.6) is 0 Å². The number of fused-ring (bicyclic) bond motifs is 1. The topological polar surface area (TPSA) is 37.8 Å². The van der Waals surface area contributed by atoms with E-state index in [0.717, 1.165) is 0 Å². The van der Waals surface area contributed by atoms with Gasteiger partial charge in [-0.2, -0.15) is 0 Å². The molecule has 1 heterocycles. The van der Waals surface area contributed by atoms with E-state index in [0.29, 0.717) is 20.7 Å². The third-order valence-corrected chi connectivity index (χ3v) is 2.67. The molecule has 0 aliphatic rings. The van der Waals surface area contributed by atoms with Crippen molar-refractivity contribution in [2.45, 2.75) is 0 Å². The maximum atomic E-state index is 11.7. The molecule has 0 spiro atoms. The molecule has 0 aliphatic carbocycles. The van der Waals surface area contributed by atoms with Gasteiger partial charge in [-0.15, -0.1) is 0 Å². The highest BCUT2D eigenvalue weighted by atomic mass is 35.5. The molecule has 0 aliphatic heterocycles. The molecule has 0 saturated heterocycles. The summed E-state index contributed by atoms with van der Waals surface area (Å²) in [5.41, 5.74) is 0.561. The third-order valence-electron chi connectivity index (χ3n) is 2.06. The number of benzene rings is 1. The van der Waals surface area contributed by atoms with Gasteiger partial charge >= 0.3 is 0 Å². The largest absolute Gasteiger partial charge is 0.332 e.